The Bertz CT molecular complexity index is 384. The van der Waals surface area contributed by atoms with E-state index in [-0.39, 0.29) is 17.4 Å². The molecule has 0 spiro atoms. The molecule has 1 unspecified atom stereocenters. The number of amides is 1. The Morgan fingerprint density at radius 1 is 1.41 bits per heavy atom. The number of nitrogens with two attached hydrogens (primary N) is 1. The Kier molecular flexibility index (Phi) is 3.48. The average Bonchev–Trinajstić information content (AvgIpc) is 3.11. The standard InChI is InChI=1S/C14H20N2O/c1-11(7-10-15)16-13(17)14(8-9-14)12-5-3-2-4-6-12/h2-6,11H,7-10,15H2,1H3,(H,16,17). The molecule has 1 saturated carbocycles. The molecular weight excluding hydrogens is 212 g/mol. The average molecular weight is 232 g/mol. The van der Waals surface area contributed by atoms with Crippen LogP contribution in [0.3, 0.4) is 0 Å². The lowest BCUT2D eigenvalue weighted by Gasteiger charge is -2.19. The second-order valence-corrected chi connectivity index (χ2v) is 4.90. The fraction of sp³-hybridized carbons (Fsp3) is 0.500. The number of benzene rings is 1. The van der Waals surface area contributed by atoms with Gasteiger partial charge >= 0.3 is 0 Å². The summed E-state index contributed by atoms with van der Waals surface area (Å²) >= 11 is 0. The lowest BCUT2D eigenvalue weighted by Crippen LogP contribution is -2.41. The van der Waals surface area contributed by atoms with E-state index >= 15 is 0 Å². The highest BCUT2D eigenvalue weighted by Gasteiger charge is 2.51. The van der Waals surface area contributed by atoms with E-state index in [9.17, 15) is 4.79 Å². The minimum Gasteiger partial charge on any atom is -0.353 e. The van der Waals surface area contributed by atoms with Crippen LogP contribution in [0.15, 0.2) is 30.3 Å². The molecule has 3 N–H and O–H groups in total. The molecule has 1 atom stereocenters. The van der Waals surface area contributed by atoms with Crippen molar-refractivity contribution in [2.45, 2.75) is 37.6 Å². The minimum absolute atomic E-state index is 0.157. The first-order valence-electron chi connectivity index (χ1n) is 6.25. The Hall–Kier alpha value is -1.35. The molecule has 0 radical (unpaired) electrons. The van der Waals surface area contributed by atoms with Crippen molar-refractivity contribution in [2.24, 2.45) is 5.73 Å². The molecule has 0 heterocycles. The van der Waals surface area contributed by atoms with Gasteiger partial charge in [-0.25, -0.2) is 0 Å². The second-order valence-electron chi connectivity index (χ2n) is 4.90. The summed E-state index contributed by atoms with van der Waals surface area (Å²) in [6.07, 6.45) is 2.74. The summed E-state index contributed by atoms with van der Waals surface area (Å²) in [7, 11) is 0. The molecule has 2 rings (SSSR count). The molecule has 1 amide bonds. The third-order valence-electron chi connectivity index (χ3n) is 3.49. The van der Waals surface area contributed by atoms with Gasteiger partial charge in [0, 0.05) is 6.04 Å². The van der Waals surface area contributed by atoms with E-state index in [0.29, 0.717) is 6.54 Å². The molecule has 1 aliphatic rings. The smallest absolute Gasteiger partial charge is 0.230 e. The summed E-state index contributed by atoms with van der Waals surface area (Å²) in [5, 5.41) is 3.06. The van der Waals surface area contributed by atoms with Crippen LogP contribution in [0.1, 0.15) is 31.7 Å². The Morgan fingerprint density at radius 2 is 2.06 bits per heavy atom. The quantitative estimate of drug-likeness (QED) is 0.809. The number of hydrogen-bond donors (Lipinski definition) is 2. The molecule has 3 nitrogen and oxygen atoms in total. The first-order valence-corrected chi connectivity index (χ1v) is 6.25. The maximum Gasteiger partial charge on any atom is 0.230 e. The van der Waals surface area contributed by atoms with E-state index in [1.807, 2.05) is 37.3 Å². The molecule has 1 aliphatic carbocycles. The highest BCUT2D eigenvalue weighted by Crippen LogP contribution is 2.48. The summed E-state index contributed by atoms with van der Waals surface area (Å²) in [6.45, 7) is 2.62. The maximum atomic E-state index is 12.3. The van der Waals surface area contributed by atoms with Crippen LogP contribution >= 0.6 is 0 Å². The van der Waals surface area contributed by atoms with Crippen molar-refractivity contribution in [2.75, 3.05) is 6.54 Å². The topological polar surface area (TPSA) is 55.1 Å². The van der Waals surface area contributed by atoms with Gasteiger partial charge in [-0.1, -0.05) is 30.3 Å². The maximum absolute atomic E-state index is 12.3. The van der Waals surface area contributed by atoms with Crippen LogP contribution in [-0.4, -0.2) is 18.5 Å². The van der Waals surface area contributed by atoms with Crippen LogP contribution < -0.4 is 11.1 Å². The molecule has 92 valence electrons. The number of rotatable bonds is 5. The van der Waals surface area contributed by atoms with E-state index in [1.54, 1.807) is 0 Å². The Morgan fingerprint density at radius 3 is 2.59 bits per heavy atom. The summed E-state index contributed by atoms with van der Waals surface area (Å²) in [4.78, 5) is 12.3. The predicted octanol–water partition coefficient (Wildman–Crippen LogP) is 1.57. The zero-order valence-corrected chi connectivity index (χ0v) is 10.3. The number of carbonyl (C=O) groups is 1. The second kappa shape index (κ2) is 4.88. The van der Waals surface area contributed by atoms with E-state index in [0.717, 1.165) is 24.8 Å². The van der Waals surface area contributed by atoms with E-state index in [4.69, 9.17) is 5.73 Å². The third-order valence-corrected chi connectivity index (χ3v) is 3.49. The number of carbonyl (C=O) groups excluding carboxylic acids is 1. The molecule has 1 aromatic carbocycles. The Balaban J connectivity index is 2.04. The van der Waals surface area contributed by atoms with Crippen molar-refractivity contribution in [1.82, 2.24) is 5.32 Å². The molecule has 3 heteroatoms. The van der Waals surface area contributed by atoms with Crippen LogP contribution in [0.5, 0.6) is 0 Å². The van der Waals surface area contributed by atoms with Gasteiger partial charge in [-0.15, -0.1) is 0 Å². The number of nitrogens with one attached hydrogen (secondary N) is 1. The van der Waals surface area contributed by atoms with Crippen molar-refractivity contribution >= 4 is 5.91 Å². The fourth-order valence-corrected chi connectivity index (χ4v) is 2.21. The van der Waals surface area contributed by atoms with Gasteiger partial charge in [-0.2, -0.15) is 0 Å². The van der Waals surface area contributed by atoms with Crippen LogP contribution in [0.2, 0.25) is 0 Å². The third kappa shape index (κ3) is 2.50. The molecule has 1 aromatic rings. The summed E-state index contributed by atoms with van der Waals surface area (Å²) < 4.78 is 0. The lowest BCUT2D eigenvalue weighted by molar-refractivity contribution is -0.124. The highest BCUT2D eigenvalue weighted by molar-refractivity contribution is 5.91. The zero-order chi connectivity index (χ0) is 12.3. The van der Waals surface area contributed by atoms with Gasteiger partial charge in [0.1, 0.15) is 0 Å². The van der Waals surface area contributed by atoms with Gasteiger partial charge in [0.05, 0.1) is 5.41 Å². The van der Waals surface area contributed by atoms with Crippen molar-refractivity contribution in [3.63, 3.8) is 0 Å². The van der Waals surface area contributed by atoms with Gasteiger partial charge in [-0.05, 0) is 38.3 Å². The normalized spacial score (nSPS) is 18.5. The van der Waals surface area contributed by atoms with Crippen molar-refractivity contribution < 1.29 is 4.79 Å². The highest BCUT2D eigenvalue weighted by atomic mass is 16.2. The van der Waals surface area contributed by atoms with Crippen LogP contribution in [0, 0.1) is 0 Å². The summed E-state index contributed by atoms with van der Waals surface area (Å²) in [5.41, 5.74) is 6.37. The van der Waals surface area contributed by atoms with Crippen LogP contribution in [0.4, 0.5) is 0 Å². The molecule has 0 aliphatic heterocycles. The van der Waals surface area contributed by atoms with Crippen molar-refractivity contribution in [3.8, 4) is 0 Å². The van der Waals surface area contributed by atoms with E-state index in [2.05, 4.69) is 5.32 Å². The largest absolute Gasteiger partial charge is 0.353 e. The first kappa shape index (κ1) is 12.1. The van der Waals surface area contributed by atoms with Crippen LogP contribution in [0.25, 0.3) is 0 Å². The van der Waals surface area contributed by atoms with Gasteiger partial charge in [0.2, 0.25) is 5.91 Å². The molecule has 0 saturated heterocycles. The lowest BCUT2D eigenvalue weighted by atomic mass is 9.94. The monoisotopic (exact) mass is 232 g/mol. The van der Waals surface area contributed by atoms with Gasteiger partial charge < -0.3 is 11.1 Å². The van der Waals surface area contributed by atoms with Gasteiger partial charge in [-0.3, -0.25) is 4.79 Å². The Labute approximate surface area is 102 Å². The fourth-order valence-electron chi connectivity index (χ4n) is 2.21. The number of hydrogen-bond acceptors (Lipinski definition) is 2. The van der Waals surface area contributed by atoms with Gasteiger partial charge in [0.15, 0.2) is 0 Å². The molecule has 0 bridgehead atoms. The molecule has 17 heavy (non-hydrogen) atoms. The summed E-state index contributed by atoms with van der Waals surface area (Å²) in [5.74, 6) is 0.157. The van der Waals surface area contributed by atoms with Crippen LogP contribution in [-0.2, 0) is 10.2 Å². The molecule has 1 fully saturated rings. The van der Waals surface area contributed by atoms with E-state index < -0.39 is 0 Å². The SMILES string of the molecule is CC(CCN)NC(=O)C1(c2ccccc2)CC1. The van der Waals surface area contributed by atoms with E-state index in [1.165, 1.54) is 0 Å². The van der Waals surface area contributed by atoms with Gasteiger partial charge in [0.25, 0.3) is 0 Å². The predicted molar refractivity (Wildman–Crippen MR) is 68.6 cm³/mol. The molecule has 0 aromatic heterocycles. The zero-order valence-electron chi connectivity index (χ0n) is 10.3. The molecular formula is C14H20N2O. The first-order chi connectivity index (χ1) is 8.19. The van der Waals surface area contributed by atoms with Crippen molar-refractivity contribution in [1.29, 1.82) is 0 Å². The minimum atomic E-state index is -0.260. The van der Waals surface area contributed by atoms with Crippen molar-refractivity contribution in [3.05, 3.63) is 35.9 Å². The summed E-state index contributed by atoms with van der Waals surface area (Å²) in [6, 6.07) is 10.2.